The predicted molar refractivity (Wildman–Crippen MR) is 147 cm³/mol. The quantitative estimate of drug-likeness (QED) is 0.232. The lowest BCUT2D eigenvalue weighted by Gasteiger charge is -2.44. The Kier molecular flexibility index (Phi) is 6.57. The fourth-order valence-electron chi connectivity index (χ4n) is 5.22. The van der Waals surface area contributed by atoms with E-state index in [1.165, 1.54) is 5.56 Å². The number of hydrogen-bond donors (Lipinski definition) is 0. The minimum absolute atomic E-state index is 0.482. The molecule has 3 aromatic rings. The van der Waals surface area contributed by atoms with Crippen molar-refractivity contribution in [3.05, 3.63) is 99.0 Å². The minimum atomic E-state index is -0.974. The van der Waals surface area contributed by atoms with Gasteiger partial charge in [0.25, 0.3) is 0 Å². The van der Waals surface area contributed by atoms with Gasteiger partial charge < -0.3 is 4.74 Å². The molecule has 1 saturated carbocycles. The van der Waals surface area contributed by atoms with E-state index in [0.29, 0.717) is 34.2 Å². The maximum absolute atomic E-state index is 13.3. The molecule has 2 atom stereocenters. The second kappa shape index (κ2) is 9.41. The number of nitrogens with zero attached hydrogens (tertiary/aromatic N) is 2. The third-order valence-electron chi connectivity index (χ3n) is 7.52. The Morgan fingerprint density at radius 1 is 0.972 bits per heavy atom. The zero-order chi connectivity index (χ0) is 25.7. The lowest BCUT2D eigenvalue weighted by molar-refractivity contribution is 0.149. The van der Waals surface area contributed by atoms with Crippen molar-refractivity contribution in [2.75, 3.05) is 6.61 Å². The Morgan fingerprint density at radius 3 is 2.08 bits per heavy atom. The Bertz CT molecular complexity index is 1340. The van der Waals surface area contributed by atoms with E-state index in [1.54, 1.807) is 4.90 Å². The summed E-state index contributed by atoms with van der Waals surface area (Å²) in [6.07, 6.45) is 2.31. The summed E-state index contributed by atoms with van der Waals surface area (Å²) in [5.74, 6) is 1.67. The Labute approximate surface area is 226 Å². The predicted octanol–water partition coefficient (Wildman–Crippen LogP) is 8.52. The third-order valence-corrected chi connectivity index (χ3v) is 8.19. The molecule has 0 aromatic heterocycles. The molecule has 1 heterocycles. The topological polar surface area (TPSA) is 41.9 Å². The molecular weight excluding hydrogens is 515 g/mol. The molecule has 1 fully saturated rings. The van der Waals surface area contributed by atoms with Gasteiger partial charge in [-0.3, -0.25) is 14.7 Å². The van der Waals surface area contributed by atoms with Crippen LogP contribution in [0, 0.1) is 0 Å². The first-order valence-corrected chi connectivity index (χ1v) is 13.2. The zero-order valence-corrected chi connectivity index (χ0v) is 22.7. The van der Waals surface area contributed by atoms with Crippen LogP contribution in [0.25, 0.3) is 0 Å². The van der Waals surface area contributed by atoms with Gasteiger partial charge in [-0.2, -0.15) is 0 Å². The summed E-state index contributed by atoms with van der Waals surface area (Å²) in [6.45, 7) is 6.44. The van der Waals surface area contributed by atoms with Crippen LogP contribution in [0.15, 0.2) is 71.7 Å². The van der Waals surface area contributed by atoms with Crippen LogP contribution in [0.1, 0.15) is 61.8 Å². The average Bonchev–Trinajstić information content (AvgIpc) is 3.66. The van der Waals surface area contributed by atoms with E-state index in [-0.39, 0.29) is 0 Å². The van der Waals surface area contributed by atoms with Crippen molar-refractivity contribution < 1.29 is 9.53 Å². The molecule has 1 aliphatic heterocycles. The number of ether oxygens (including phenoxy) is 1. The molecule has 1 amide bonds. The van der Waals surface area contributed by atoms with Gasteiger partial charge in [-0.15, -0.1) is 0 Å². The van der Waals surface area contributed by atoms with Crippen LogP contribution in [0.2, 0.25) is 10.0 Å². The number of aliphatic imine (C=N–C) groups is 1. The standard InChI is InChI=1S/C29H27Cl3N2O2/c1-4-36-25-16-7-19(18-5-6-18)17-24(25)26-33-28(2,20-8-12-22(30)13-9-20)29(3,34(26)27(32)35)21-10-14-23(31)15-11-21/h7-18H,4-6H2,1-3H3/t28-,29-/m0/s1. The third kappa shape index (κ3) is 4.09. The number of rotatable bonds is 6. The van der Waals surface area contributed by atoms with Gasteiger partial charge in [0.05, 0.1) is 12.2 Å². The second-order valence-electron chi connectivity index (χ2n) is 9.64. The van der Waals surface area contributed by atoms with Crippen molar-refractivity contribution in [1.82, 2.24) is 4.90 Å². The summed E-state index contributed by atoms with van der Waals surface area (Å²) in [7, 11) is 0. The smallest absolute Gasteiger partial charge is 0.322 e. The van der Waals surface area contributed by atoms with Gasteiger partial charge >= 0.3 is 5.37 Å². The van der Waals surface area contributed by atoms with Crippen molar-refractivity contribution in [1.29, 1.82) is 0 Å². The van der Waals surface area contributed by atoms with E-state index in [0.717, 1.165) is 29.5 Å². The molecule has 0 spiro atoms. The van der Waals surface area contributed by atoms with Gasteiger partial charge in [0.1, 0.15) is 22.7 Å². The van der Waals surface area contributed by atoms with Crippen LogP contribution in [0.5, 0.6) is 5.75 Å². The first kappa shape index (κ1) is 25.1. The number of hydrogen-bond acceptors (Lipinski definition) is 3. The maximum Gasteiger partial charge on any atom is 0.322 e. The molecule has 3 aromatic carbocycles. The van der Waals surface area contributed by atoms with Crippen LogP contribution in [-0.2, 0) is 11.1 Å². The second-order valence-corrected chi connectivity index (χ2v) is 10.8. The summed E-state index contributed by atoms with van der Waals surface area (Å²) in [5, 5.41) is 0.608. The van der Waals surface area contributed by atoms with Crippen LogP contribution in [0.3, 0.4) is 0 Å². The molecule has 1 aliphatic carbocycles. The van der Waals surface area contributed by atoms with Crippen LogP contribution < -0.4 is 4.74 Å². The van der Waals surface area contributed by atoms with Gasteiger partial charge in [-0.05, 0) is 104 Å². The fourth-order valence-corrected chi connectivity index (χ4v) is 5.72. The van der Waals surface area contributed by atoms with Gasteiger partial charge in [-0.1, -0.05) is 53.5 Å². The van der Waals surface area contributed by atoms with E-state index in [1.807, 2.05) is 75.4 Å². The Morgan fingerprint density at radius 2 is 1.56 bits per heavy atom. The largest absolute Gasteiger partial charge is 0.493 e. The Balaban J connectivity index is 1.79. The number of halogens is 3. The van der Waals surface area contributed by atoms with Crippen molar-refractivity contribution in [2.24, 2.45) is 4.99 Å². The lowest BCUT2D eigenvalue weighted by atomic mass is 9.71. The summed E-state index contributed by atoms with van der Waals surface area (Å²) in [6, 6.07) is 21.2. The summed E-state index contributed by atoms with van der Waals surface area (Å²) >= 11 is 18.9. The molecule has 0 N–H and O–H groups in total. The van der Waals surface area contributed by atoms with E-state index < -0.39 is 16.4 Å². The number of benzene rings is 3. The number of amides is 1. The normalized spacial score (nSPS) is 23.5. The monoisotopic (exact) mass is 540 g/mol. The van der Waals surface area contributed by atoms with E-state index in [2.05, 4.69) is 12.1 Å². The molecule has 0 unspecified atom stereocenters. The zero-order valence-electron chi connectivity index (χ0n) is 20.4. The molecule has 7 heteroatoms. The molecule has 36 heavy (non-hydrogen) atoms. The highest BCUT2D eigenvalue weighted by molar-refractivity contribution is 6.64. The van der Waals surface area contributed by atoms with Gasteiger partial charge in [0.2, 0.25) is 0 Å². The maximum atomic E-state index is 13.3. The van der Waals surface area contributed by atoms with Crippen molar-refractivity contribution in [3.63, 3.8) is 0 Å². The average molecular weight is 542 g/mol. The van der Waals surface area contributed by atoms with Gasteiger partial charge in [0, 0.05) is 10.0 Å². The first-order chi connectivity index (χ1) is 17.2. The molecule has 0 radical (unpaired) electrons. The molecule has 0 saturated heterocycles. The van der Waals surface area contributed by atoms with Gasteiger partial charge in [-0.25, -0.2) is 0 Å². The number of carbonyl (C=O) groups excluding carboxylic acids is 1. The highest BCUT2D eigenvalue weighted by Crippen LogP contribution is 2.54. The van der Waals surface area contributed by atoms with Crippen LogP contribution in [0.4, 0.5) is 4.79 Å². The highest BCUT2D eigenvalue weighted by atomic mass is 35.5. The lowest BCUT2D eigenvalue weighted by Crippen LogP contribution is -2.53. The van der Waals surface area contributed by atoms with Crippen LogP contribution >= 0.6 is 34.8 Å². The number of amidine groups is 1. The van der Waals surface area contributed by atoms with E-state index in [9.17, 15) is 4.79 Å². The number of carbonyl (C=O) groups is 1. The highest BCUT2D eigenvalue weighted by Gasteiger charge is 2.59. The van der Waals surface area contributed by atoms with Crippen LogP contribution in [-0.4, -0.2) is 22.7 Å². The van der Waals surface area contributed by atoms with Crippen molar-refractivity contribution in [2.45, 2.75) is 50.6 Å². The molecular formula is C29H27Cl3N2O2. The molecule has 186 valence electrons. The minimum Gasteiger partial charge on any atom is -0.493 e. The first-order valence-electron chi connectivity index (χ1n) is 12.1. The molecule has 4 nitrogen and oxygen atoms in total. The molecule has 5 rings (SSSR count). The van der Waals surface area contributed by atoms with Crippen molar-refractivity contribution in [3.8, 4) is 5.75 Å². The summed E-state index contributed by atoms with van der Waals surface area (Å²) in [4.78, 5) is 20.2. The summed E-state index contributed by atoms with van der Waals surface area (Å²) in [5.41, 5.74) is 1.86. The molecule has 0 bridgehead atoms. The van der Waals surface area contributed by atoms with E-state index in [4.69, 9.17) is 44.5 Å². The fraction of sp³-hybridized carbons (Fsp3) is 0.310. The Hall–Kier alpha value is -2.53. The van der Waals surface area contributed by atoms with Gasteiger partial charge in [0.15, 0.2) is 0 Å². The molecule has 2 aliphatic rings. The van der Waals surface area contributed by atoms with Crippen molar-refractivity contribution >= 4 is 46.0 Å². The van der Waals surface area contributed by atoms with E-state index >= 15 is 0 Å². The SMILES string of the molecule is CCOc1ccc(C2CC2)cc1C1=N[C@@](C)(c2ccc(Cl)cc2)[C@](C)(c2ccc(Cl)cc2)N1C(=O)Cl. The summed E-state index contributed by atoms with van der Waals surface area (Å²) < 4.78 is 6.02.